The second-order valence-electron chi connectivity index (χ2n) is 8.79. The summed E-state index contributed by atoms with van der Waals surface area (Å²) in [4.78, 5) is 26.0. The molecule has 4 nitrogen and oxygen atoms in total. The molecule has 0 amide bonds. The number of hydrogen-bond donors (Lipinski definition) is 1. The molecule has 0 unspecified atom stereocenters. The Bertz CT molecular complexity index is 1120. The van der Waals surface area contributed by atoms with Crippen LogP contribution in [0.4, 0.5) is 4.39 Å². The van der Waals surface area contributed by atoms with Crippen molar-refractivity contribution in [3.8, 4) is 0 Å². The first kappa shape index (κ1) is 26.1. The van der Waals surface area contributed by atoms with E-state index in [0.717, 1.165) is 37.7 Å². The Labute approximate surface area is 237 Å². The maximum absolute atomic E-state index is 12.6. The monoisotopic (exact) mass is 562 g/mol. The van der Waals surface area contributed by atoms with Crippen molar-refractivity contribution in [3.63, 3.8) is 0 Å². The Balaban J connectivity index is 0.000000362. The van der Waals surface area contributed by atoms with Crippen molar-refractivity contribution in [2.24, 2.45) is 0 Å². The first-order chi connectivity index (χ1) is 18.4. The number of hydrogen-bond acceptors (Lipinski definition) is 4. The van der Waals surface area contributed by atoms with Crippen molar-refractivity contribution in [1.29, 1.82) is 0 Å². The van der Waals surface area contributed by atoms with Crippen LogP contribution in [0.25, 0.3) is 0 Å². The fraction of sp³-hybridized carbons (Fsp3) is 0.500. The summed E-state index contributed by atoms with van der Waals surface area (Å²) in [7, 11) is 2.33. The number of carbonyl (C=O) groups excluding carboxylic acids is 2. The third-order valence-electron chi connectivity index (χ3n) is 6.99. The fourth-order valence-electron chi connectivity index (χ4n) is 5.15. The lowest BCUT2D eigenvalue weighted by Crippen LogP contribution is -2.50. The van der Waals surface area contributed by atoms with Crippen LogP contribution < -0.4 is 5.32 Å². The topological polar surface area (TPSA) is 49.4 Å². The summed E-state index contributed by atoms with van der Waals surface area (Å²) in [5.74, 6) is 0.199. The zero-order valence-electron chi connectivity index (χ0n) is 24.8. The van der Waals surface area contributed by atoms with E-state index < -0.39 is 25.2 Å². The van der Waals surface area contributed by atoms with Gasteiger partial charge in [-0.3, -0.25) is 18.9 Å². The van der Waals surface area contributed by atoms with E-state index in [1.165, 1.54) is 11.9 Å². The Morgan fingerprint density at radius 1 is 0.889 bits per heavy atom. The third kappa shape index (κ3) is 6.68. The predicted octanol–water partition coefficient (Wildman–Crippen LogP) is 7.15. The highest BCUT2D eigenvalue weighted by Gasteiger charge is 2.44. The molecule has 8 heteroatoms. The second kappa shape index (κ2) is 15.0. The maximum atomic E-state index is 12.6. The van der Waals surface area contributed by atoms with E-state index in [4.69, 9.17) is 28.7 Å². The molecule has 1 N–H and O–H groups in total. The number of nitrogens with one attached hydrogen (secondary N) is 1. The van der Waals surface area contributed by atoms with E-state index in [0.29, 0.717) is 34.9 Å². The minimum absolute atomic E-state index is 0. The summed E-state index contributed by atoms with van der Waals surface area (Å²) in [5.41, 5.74) is -0.174. The lowest BCUT2D eigenvalue weighted by Gasteiger charge is -2.42. The lowest BCUT2D eigenvalue weighted by atomic mass is 9.74. The summed E-state index contributed by atoms with van der Waals surface area (Å²) < 4.78 is 38.5. The van der Waals surface area contributed by atoms with Crippen LogP contribution in [-0.4, -0.2) is 44.7 Å². The van der Waals surface area contributed by atoms with Gasteiger partial charge in [-0.25, -0.2) is 0 Å². The number of Topliss-reactive ketones (excluding diaryl/α,β-unsaturated/α-hetero) is 2. The fourth-order valence-corrected chi connectivity index (χ4v) is 5.74. The molecule has 4 rings (SSSR count). The zero-order chi connectivity index (χ0) is 29.3. The Morgan fingerprint density at radius 2 is 1.39 bits per heavy atom. The molecule has 2 aliphatic rings. The van der Waals surface area contributed by atoms with Crippen LogP contribution in [0.2, 0.25) is 10.0 Å². The van der Waals surface area contributed by atoms with Crippen molar-refractivity contribution >= 4 is 47.2 Å². The summed E-state index contributed by atoms with van der Waals surface area (Å²) in [6.07, 6.45) is 6.05. The van der Waals surface area contributed by atoms with E-state index >= 15 is 0 Å². The molecule has 0 heterocycles. The Hall–Kier alpha value is -1.50. The molecule has 2 aromatic carbocycles. The first-order valence-electron chi connectivity index (χ1n) is 14.0. The van der Waals surface area contributed by atoms with Crippen LogP contribution in [-0.2, 0) is 20.7 Å². The largest absolute Gasteiger partial charge is 0.304 e. The molecule has 2 aliphatic carbocycles. The predicted molar refractivity (Wildman–Crippen MR) is 150 cm³/mol. The number of rotatable bonds is 4. The van der Waals surface area contributed by atoms with Gasteiger partial charge in [0.2, 0.25) is 0 Å². The van der Waals surface area contributed by atoms with Gasteiger partial charge in [-0.1, -0.05) is 72.4 Å². The Kier molecular flexibility index (Phi) is 10.9. The number of ketones is 2. The quantitative estimate of drug-likeness (QED) is 0.429. The number of alkyl halides is 1. The molecule has 0 spiro atoms. The van der Waals surface area contributed by atoms with E-state index in [1.54, 1.807) is 24.3 Å². The van der Waals surface area contributed by atoms with Gasteiger partial charge in [-0.05, 0) is 70.0 Å². The lowest BCUT2D eigenvalue weighted by molar-refractivity contribution is -0.133. The zero-order valence-corrected chi connectivity index (χ0v) is 23.1. The number of halogens is 4. The molecule has 0 bridgehead atoms. The van der Waals surface area contributed by atoms with Crippen molar-refractivity contribution in [3.05, 3.63) is 69.7 Å². The van der Waals surface area contributed by atoms with Crippen LogP contribution >= 0.6 is 35.6 Å². The normalized spacial score (nSPS) is 25.5. The van der Waals surface area contributed by atoms with Crippen molar-refractivity contribution < 1.29 is 19.5 Å². The summed E-state index contributed by atoms with van der Waals surface area (Å²) >= 11 is 12.4. The van der Waals surface area contributed by atoms with Crippen LogP contribution in [0.1, 0.15) is 68.0 Å². The van der Waals surface area contributed by atoms with Gasteiger partial charge < -0.3 is 5.32 Å². The number of benzene rings is 2. The minimum atomic E-state index is -2.34. The highest BCUT2D eigenvalue weighted by atomic mass is 35.5. The molecule has 0 aliphatic heterocycles. The first-order valence-corrected chi connectivity index (χ1v) is 12.5. The molecule has 2 atom stereocenters. The second-order valence-corrected chi connectivity index (χ2v) is 9.61. The molecular formula is C28H38Cl3FN2O2. The van der Waals surface area contributed by atoms with Crippen LogP contribution in [0.3, 0.4) is 0 Å². The van der Waals surface area contributed by atoms with Gasteiger partial charge in [0.25, 0.3) is 0 Å². The Morgan fingerprint density at radius 3 is 1.86 bits per heavy atom. The highest BCUT2D eigenvalue weighted by molar-refractivity contribution is 6.32. The summed E-state index contributed by atoms with van der Waals surface area (Å²) in [6.45, 7) is -2.34. The van der Waals surface area contributed by atoms with Gasteiger partial charge in [0.05, 0.1) is 8.52 Å². The molecule has 0 radical (unpaired) electrons. The number of carbonyl (C=O) groups is 2. The molecular weight excluding hydrogens is 522 g/mol. The van der Waals surface area contributed by atoms with Gasteiger partial charge in [0, 0.05) is 27.0 Å². The van der Waals surface area contributed by atoms with E-state index in [1.807, 2.05) is 31.3 Å². The molecule has 0 aromatic heterocycles. The molecule has 36 heavy (non-hydrogen) atoms. The maximum Gasteiger partial charge on any atom is 0.157 e. The molecule has 0 saturated heterocycles. The molecule has 2 aromatic rings. The van der Waals surface area contributed by atoms with Crippen molar-refractivity contribution in [2.75, 3.05) is 28.2 Å². The van der Waals surface area contributed by atoms with Crippen molar-refractivity contribution in [1.82, 2.24) is 10.2 Å². The van der Waals surface area contributed by atoms with Gasteiger partial charge in [0.1, 0.15) is 11.1 Å². The molecule has 2 fully saturated rings. The van der Waals surface area contributed by atoms with Gasteiger partial charge in [-0.2, -0.15) is 0 Å². The van der Waals surface area contributed by atoms with Crippen LogP contribution in [0.5, 0.6) is 0 Å². The highest BCUT2D eigenvalue weighted by Crippen LogP contribution is 2.41. The average molecular weight is 564 g/mol. The third-order valence-corrected chi connectivity index (χ3v) is 7.65. The van der Waals surface area contributed by atoms with Gasteiger partial charge in [-0.15, -0.1) is 12.4 Å². The van der Waals surface area contributed by atoms with E-state index in [2.05, 4.69) is 5.32 Å². The number of likely N-dealkylation sites (N-methyl/N-ethyl adjacent to an activating group) is 2. The van der Waals surface area contributed by atoms with E-state index in [9.17, 15) is 14.0 Å². The van der Waals surface area contributed by atoms with Crippen LogP contribution in [0, 0.1) is 0 Å². The average Bonchev–Trinajstić information content (AvgIpc) is 2.90. The van der Waals surface area contributed by atoms with Crippen LogP contribution in [0.15, 0.2) is 48.5 Å². The van der Waals surface area contributed by atoms with Gasteiger partial charge in [0.15, 0.2) is 11.6 Å². The standard InChI is InChI=1S/C14H18ClNO.C13H16ClNO.CH3F.ClH/c1-16(2)14(10-6-5-9-13(14)17)11-7-3-4-8-12(11)15;1-15-13(9-5-4-8-12(13)16)10-6-2-3-7-11(10)14;1-2;/h3-4,7-8H,5-6,9-10H2,1-2H3;2-3,6-7,15H,4-5,8-9H2,1H3;1H3;1H/t14-;13-;;/m00../s1/i1D3;;1D;. The van der Waals surface area contributed by atoms with Gasteiger partial charge >= 0.3 is 0 Å². The SMILES string of the molecule is CN[C@]1(c2ccccc2Cl)CCCCC1=O.Cl.[2H]C([2H])([2H])N(C)[C@]1(c2ccccc2Cl)CCCCC1=O.[2H]CF. The molecule has 2 saturated carbocycles. The number of nitrogens with zero attached hydrogens (tertiary/aromatic N) is 1. The minimum Gasteiger partial charge on any atom is -0.304 e. The summed E-state index contributed by atoms with van der Waals surface area (Å²) in [5, 5.41) is 4.31. The molecule has 200 valence electrons. The van der Waals surface area contributed by atoms with E-state index in [-0.39, 0.29) is 24.0 Å². The summed E-state index contributed by atoms with van der Waals surface area (Å²) in [6, 6.07) is 14.6. The van der Waals surface area contributed by atoms with Crippen molar-refractivity contribution in [2.45, 2.75) is 62.4 Å². The smallest absolute Gasteiger partial charge is 0.157 e.